The zero-order valence-corrected chi connectivity index (χ0v) is 10.8. The molecule has 0 saturated heterocycles. The second-order valence-corrected chi connectivity index (χ2v) is 5.29. The van der Waals surface area contributed by atoms with Crippen molar-refractivity contribution >= 4 is 12.6 Å². The van der Waals surface area contributed by atoms with Gasteiger partial charge in [-0.2, -0.15) is 0 Å². The van der Waals surface area contributed by atoms with Crippen molar-refractivity contribution in [1.82, 2.24) is 0 Å². The van der Waals surface area contributed by atoms with E-state index in [1.807, 2.05) is 30.3 Å². The molecule has 0 heterocycles. The Morgan fingerprint density at radius 1 is 1.17 bits per heavy atom. The molecule has 2 N–H and O–H groups in total. The second-order valence-electron chi connectivity index (χ2n) is 5.29. The quantitative estimate of drug-likeness (QED) is 0.629. The summed E-state index contributed by atoms with van der Waals surface area (Å²) in [7, 11) is -1.38. The molecule has 0 aromatic heterocycles. The van der Waals surface area contributed by atoms with Crippen molar-refractivity contribution < 1.29 is 10.0 Å². The summed E-state index contributed by atoms with van der Waals surface area (Å²) in [5.41, 5.74) is 1.81. The highest BCUT2D eigenvalue weighted by Gasteiger charge is 2.35. The number of benzene rings is 1. The lowest BCUT2D eigenvalue weighted by Gasteiger charge is -2.38. The third kappa shape index (κ3) is 2.52. The first kappa shape index (κ1) is 13.4. The fourth-order valence-electron chi connectivity index (χ4n) is 3.29. The van der Waals surface area contributed by atoms with Gasteiger partial charge < -0.3 is 10.0 Å². The number of allylic oxidation sites excluding steroid dienone is 1. The van der Waals surface area contributed by atoms with Crippen molar-refractivity contribution in [2.75, 3.05) is 0 Å². The van der Waals surface area contributed by atoms with Crippen LogP contribution in [0.1, 0.15) is 44.1 Å². The maximum absolute atomic E-state index is 9.55. The van der Waals surface area contributed by atoms with Gasteiger partial charge in [-0.05, 0) is 35.7 Å². The van der Waals surface area contributed by atoms with Crippen molar-refractivity contribution in [2.45, 2.75) is 43.9 Å². The molecule has 3 heteroatoms. The van der Waals surface area contributed by atoms with Crippen LogP contribution >= 0.6 is 0 Å². The molecule has 0 radical (unpaired) electrons. The molecule has 96 valence electrons. The summed E-state index contributed by atoms with van der Waals surface area (Å²) in [6.45, 7) is 3.87. The first-order chi connectivity index (χ1) is 8.69. The predicted octanol–water partition coefficient (Wildman–Crippen LogP) is 2.14. The van der Waals surface area contributed by atoms with Crippen LogP contribution in [0.2, 0.25) is 0 Å². The Hall–Kier alpha value is -1.06. The van der Waals surface area contributed by atoms with Gasteiger partial charge in [0.1, 0.15) is 0 Å². The van der Waals surface area contributed by atoms with Crippen LogP contribution in [-0.4, -0.2) is 17.2 Å². The molecule has 0 bridgehead atoms. The van der Waals surface area contributed by atoms with Crippen LogP contribution in [0.4, 0.5) is 0 Å². The summed E-state index contributed by atoms with van der Waals surface area (Å²) in [4.78, 5) is 0. The van der Waals surface area contributed by atoms with E-state index in [0.717, 1.165) is 24.8 Å². The van der Waals surface area contributed by atoms with Gasteiger partial charge >= 0.3 is 7.12 Å². The molecule has 1 aliphatic rings. The standard InChI is InChI=1S/C15H21BO2/c1-2-10-15(11-6-3-7-12-15)13-8-4-5-9-14(13)16(17)18/h2,4-5,8-9,17-18H,1,3,6-7,10-12H2. The monoisotopic (exact) mass is 244 g/mol. The summed E-state index contributed by atoms with van der Waals surface area (Å²) in [5, 5.41) is 19.1. The van der Waals surface area contributed by atoms with Gasteiger partial charge in [0.15, 0.2) is 0 Å². The van der Waals surface area contributed by atoms with E-state index < -0.39 is 7.12 Å². The van der Waals surface area contributed by atoms with Gasteiger partial charge in [-0.25, -0.2) is 0 Å². The topological polar surface area (TPSA) is 40.5 Å². The lowest BCUT2D eigenvalue weighted by atomic mass is 9.62. The Kier molecular flexibility index (Phi) is 4.25. The Morgan fingerprint density at radius 3 is 2.44 bits per heavy atom. The van der Waals surface area contributed by atoms with Crippen LogP contribution < -0.4 is 5.46 Å². The molecule has 1 aliphatic carbocycles. The lowest BCUT2D eigenvalue weighted by molar-refractivity contribution is 0.295. The molecule has 0 unspecified atom stereocenters. The van der Waals surface area contributed by atoms with E-state index >= 15 is 0 Å². The molecule has 1 aromatic rings. The van der Waals surface area contributed by atoms with Gasteiger partial charge in [-0.1, -0.05) is 49.6 Å². The predicted molar refractivity (Wildman–Crippen MR) is 75.8 cm³/mol. The zero-order valence-electron chi connectivity index (χ0n) is 10.8. The summed E-state index contributed by atoms with van der Waals surface area (Å²) >= 11 is 0. The summed E-state index contributed by atoms with van der Waals surface area (Å²) in [5.74, 6) is 0. The van der Waals surface area contributed by atoms with E-state index in [1.165, 1.54) is 19.3 Å². The molecule has 0 atom stereocenters. The highest BCUT2D eigenvalue weighted by molar-refractivity contribution is 6.59. The van der Waals surface area contributed by atoms with Gasteiger partial charge in [0.2, 0.25) is 0 Å². The van der Waals surface area contributed by atoms with Gasteiger partial charge in [0.25, 0.3) is 0 Å². The SMILES string of the molecule is C=CCC1(c2ccccc2B(O)O)CCCCC1. The highest BCUT2D eigenvalue weighted by atomic mass is 16.4. The van der Waals surface area contributed by atoms with Gasteiger partial charge in [0, 0.05) is 0 Å². The molecule has 2 nitrogen and oxygen atoms in total. The van der Waals surface area contributed by atoms with Crippen molar-refractivity contribution in [3.05, 3.63) is 42.5 Å². The second kappa shape index (κ2) is 5.72. The Bertz CT molecular complexity index is 409. The number of hydrogen-bond donors (Lipinski definition) is 2. The average molecular weight is 244 g/mol. The minimum atomic E-state index is -1.38. The largest absolute Gasteiger partial charge is 0.488 e. The zero-order chi connectivity index (χ0) is 13.0. The molecular formula is C15H21BO2. The van der Waals surface area contributed by atoms with E-state index in [4.69, 9.17) is 0 Å². The molecule has 2 rings (SSSR count). The first-order valence-corrected chi connectivity index (χ1v) is 6.76. The molecule has 0 amide bonds. The fraction of sp³-hybridized carbons (Fsp3) is 0.467. The highest BCUT2D eigenvalue weighted by Crippen LogP contribution is 2.41. The molecule has 1 saturated carbocycles. The third-order valence-corrected chi connectivity index (χ3v) is 4.16. The van der Waals surface area contributed by atoms with Gasteiger partial charge in [-0.3, -0.25) is 0 Å². The minimum Gasteiger partial charge on any atom is -0.423 e. The molecule has 1 fully saturated rings. The molecule has 0 aliphatic heterocycles. The smallest absolute Gasteiger partial charge is 0.423 e. The molecule has 1 aromatic carbocycles. The first-order valence-electron chi connectivity index (χ1n) is 6.76. The maximum atomic E-state index is 9.55. The van der Waals surface area contributed by atoms with Crippen LogP contribution in [0.25, 0.3) is 0 Å². The lowest BCUT2D eigenvalue weighted by Crippen LogP contribution is -2.41. The van der Waals surface area contributed by atoms with Crippen LogP contribution in [0.3, 0.4) is 0 Å². The minimum absolute atomic E-state index is 0.0559. The van der Waals surface area contributed by atoms with Crippen molar-refractivity contribution in [3.8, 4) is 0 Å². The fourth-order valence-corrected chi connectivity index (χ4v) is 3.29. The molecule has 18 heavy (non-hydrogen) atoms. The van der Waals surface area contributed by atoms with Crippen LogP contribution in [-0.2, 0) is 5.41 Å². The average Bonchev–Trinajstić information content (AvgIpc) is 2.40. The van der Waals surface area contributed by atoms with E-state index in [0.29, 0.717) is 5.46 Å². The number of rotatable bonds is 4. The van der Waals surface area contributed by atoms with E-state index in [2.05, 4.69) is 6.58 Å². The third-order valence-electron chi connectivity index (χ3n) is 4.16. The van der Waals surface area contributed by atoms with E-state index in [1.54, 1.807) is 0 Å². The van der Waals surface area contributed by atoms with E-state index in [9.17, 15) is 10.0 Å². The van der Waals surface area contributed by atoms with Crippen molar-refractivity contribution in [3.63, 3.8) is 0 Å². The maximum Gasteiger partial charge on any atom is 0.488 e. The van der Waals surface area contributed by atoms with Crippen molar-refractivity contribution in [2.24, 2.45) is 0 Å². The van der Waals surface area contributed by atoms with Crippen LogP contribution in [0, 0.1) is 0 Å². The van der Waals surface area contributed by atoms with Crippen molar-refractivity contribution in [1.29, 1.82) is 0 Å². The normalized spacial score (nSPS) is 18.3. The summed E-state index contributed by atoms with van der Waals surface area (Å²) in [6, 6.07) is 7.71. The Balaban J connectivity index is 2.44. The van der Waals surface area contributed by atoms with Gasteiger partial charge in [-0.15, -0.1) is 6.58 Å². The van der Waals surface area contributed by atoms with E-state index in [-0.39, 0.29) is 5.41 Å². The Labute approximate surface area is 110 Å². The van der Waals surface area contributed by atoms with Crippen LogP contribution in [0.5, 0.6) is 0 Å². The molecular weight excluding hydrogens is 223 g/mol. The summed E-state index contributed by atoms with van der Waals surface area (Å²) < 4.78 is 0. The molecule has 0 spiro atoms. The number of hydrogen-bond acceptors (Lipinski definition) is 2. The Morgan fingerprint density at radius 2 is 1.83 bits per heavy atom. The van der Waals surface area contributed by atoms with Gasteiger partial charge in [0.05, 0.1) is 0 Å². The summed E-state index contributed by atoms with van der Waals surface area (Å²) in [6.07, 6.45) is 8.81. The van der Waals surface area contributed by atoms with Crippen LogP contribution in [0.15, 0.2) is 36.9 Å².